The predicted octanol–water partition coefficient (Wildman–Crippen LogP) is 10.4. The van der Waals surface area contributed by atoms with Crippen LogP contribution in [0.15, 0.2) is 140 Å². The molecule has 0 saturated carbocycles. The molecule has 9 rings (SSSR count). The van der Waals surface area contributed by atoms with Crippen LogP contribution in [0.2, 0.25) is 0 Å². The lowest BCUT2D eigenvalue weighted by atomic mass is 9.75. The molecule has 1 aliphatic rings. The van der Waals surface area contributed by atoms with Crippen molar-refractivity contribution in [2.45, 2.75) is 18.8 Å². The third-order valence-corrected chi connectivity index (χ3v) is 9.36. The first-order chi connectivity index (χ1) is 20.7. The van der Waals surface area contributed by atoms with Crippen molar-refractivity contribution in [2.24, 2.45) is 0 Å². The van der Waals surface area contributed by atoms with E-state index >= 15 is 0 Å². The number of imidazole rings is 1. The smallest absolute Gasteiger partial charge is 0.147 e. The molecule has 0 radical (unpaired) electrons. The third kappa shape index (κ3) is 3.36. The molecule has 198 valence electrons. The second-order valence-electron chi connectivity index (χ2n) is 11.9. The largest absolute Gasteiger partial charge is 0.292 e. The van der Waals surface area contributed by atoms with Crippen molar-refractivity contribution < 1.29 is 0 Å². The molecule has 0 bridgehead atoms. The second kappa shape index (κ2) is 8.64. The predicted molar refractivity (Wildman–Crippen MR) is 178 cm³/mol. The van der Waals surface area contributed by atoms with Crippen LogP contribution in [0.25, 0.3) is 65.5 Å². The van der Waals surface area contributed by atoms with Gasteiger partial charge in [-0.1, -0.05) is 122 Å². The molecule has 0 spiro atoms. The summed E-state index contributed by atoms with van der Waals surface area (Å²) in [6.07, 6.45) is 8.10. The summed E-state index contributed by atoms with van der Waals surface area (Å²) in [6.45, 7) is 2.35. The van der Waals surface area contributed by atoms with Crippen molar-refractivity contribution in [1.82, 2.24) is 9.38 Å². The monoisotopic (exact) mass is 536 g/mol. The molecule has 2 aromatic heterocycles. The first-order valence-electron chi connectivity index (χ1n) is 14.7. The molecule has 0 N–H and O–H groups in total. The zero-order valence-electron chi connectivity index (χ0n) is 23.4. The Hall–Kier alpha value is -5.21. The molecule has 2 heteroatoms. The van der Waals surface area contributed by atoms with E-state index in [2.05, 4.69) is 151 Å². The Morgan fingerprint density at radius 2 is 1.43 bits per heavy atom. The topological polar surface area (TPSA) is 17.3 Å². The van der Waals surface area contributed by atoms with Crippen molar-refractivity contribution in [3.63, 3.8) is 0 Å². The van der Waals surface area contributed by atoms with Gasteiger partial charge in [-0.05, 0) is 74.3 Å². The number of pyridine rings is 1. The summed E-state index contributed by atoms with van der Waals surface area (Å²) in [6, 6.07) is 44.1. The number of hydrogen-bond acceptors (Lipinski definition) is 1. The van der Waals surface area contributed by atoms with Crippen LogP contribution in [0.5, 0.6) is 0 Å². The van der Waals surface area contributed by atoms with Crippen LogP contribution in [-0.4, -0.2) is 9.38 Å². The van der Waals surface area contributed by atoms with E-state index in [9.17, 15) is 0 Å². The lowest BCUT2D eigenvalue weighted by Gasteiger charge is -2.29. The van der Waals surface area contributed by atoms with Gasteiger partial charge in [-0.3, -0.25) is 4.40 Å². The summed E-state index contributed by atoms with van der Waals surface area (Å²) >= 11 is 0. The van der Waals surface area contributed by atoms with Gasteiger partial charge in [0.2, 0.25) is 0 Å². The lowest BCUT2D eigenvalue weighted by molar-refractivity contribution is 0.602. The number of rotatable bonds is 2. The molecular weight excluding hydrogens is 508 g/mol. The summed E-state index contributed by atoms with van der Waals surface area (Å²) in [5.41, 5.74) is 8.23. The molecule has 42 heavy (non-hydrogen) atoms. The summed E-state index contributed by atoms with van der Waals surface area (Å²) in [7, 11) is 0. The van der Waals surface area contributed by atoms with Crippen LogP contribution in [0.3, 0.4) is 0 Å². The van der Waals surface area contributed by atoms with E-state index < -0.39 is 0 Å². The highest BCUT2D eigenvalue weighted by atomic mass is 15.0. The number of hydrogen-bond donors (Lipinski definition) is 0. The molecule has 0 saturated heterocycles. The van der Waals surface area contributed by atoms with Crippen LogP contribution < -0.4 is 0 Å². The Balaban J connectivity index is 1.23. The highest BCUT2D eigenvalue weighted by Crippen LogP contribution is 2.40. The van der Waals surface area contributed by atoms with Gasteiger partial charge in [-0.2, -0.15) is 0 Å². The standard InChI is InChI=1S/C40H28N2/c1-40(31-17-14-26-8-2-3-10-29(26)24-31)22-20-27(21-23-40)30-16-19-36-34(25-30)33-18-15-28-9-4-5-11-32(28)38(33)39-41-35-12-6-7-13-37(35)42(36)39/h2-22,24-25H,23H2,1H3. The summed E-state index contributed by atoms with van der Waals surface area (Å²) < 4.78 is 2.35. The first kappa shape index (κ1) is 23.5. The van der Waals surface area contributed by atoms with Gasteiger partial charge in [-0.25, -0.2) is 4.98 Å². The number of allylic oxidation sites excluding steroid dienone is 4. The Bertz CT molecular complexity index is 2460. The second-order valence-corrected chi connectivity index (χ2v) is 11.9. The molecule has 1 atom stereocenters. The average Bonchev–Trinajstić information content (AvgIpc) is 3.44. The van der Waals surface area contributed by atoms with E-state index in [-0.39, 0.29) is 5.41 Å². The third-order valence-electron chi connectivity index (χ3n) is 9.36. The fraction of sp³-hybridized carbons (Fsp3) is 0.0750. The molecule has 1 unspecified atom stereocenters. The number of aromatic nitrogens is 2. The highest BCUT2D eigenvalue weighted by molar-refractivity contribution is 6.23. The van der Waals surface area contributed by atoms with Crippen LogP contribution in [0.1, 0.15) is 24.5 Å². The minimum atomic E-state index is -0.0299. The van der Waals surface area contributed by atoms with Gasteiger partial charge in [0.15, 0.2) is 0 Å². The van der Waals surface area contributed by atoms with Crippen LogP contribution in [0, 0.1) is 0 Å². The minimum absolute atomic E-state index is 0.0299. The Labute approximate surface area is 243 Å². The van der Waals surface area contributed by atoms with Crippen LogP contribution in [0.4, 0.5) is 0 Å². The van der Waals surface area contributed by atoms with Crippen molar-refractivity contribution in [2.75, 3.05) is 0 Å². The van der Waals surface area contributed by atoms with Gasteiger partial charge in [0.25, 0.3) is 0 Å². The molecule has 0 aliphatic heterocycles. The molecular formula is C40H28N2. The van der Waals surface area contributed by atoms with Gasteiger partial charge < -0.3 is 0 Å². The fourth-order valence-corrected chi connectivity index (χ4v) is 7.01. The number of fused-ring (bicyclic) bond motifs is 11. The highest BCUT2D eigenvalue weighted by Gasteiger charge is 2.26. The van der Waals surface area contributed by atoms with Crippen molar-refractivity contribution in [3.8, 4) is 0 Å². The van der Waals surface area contributed by atoms with Crippen molar-refractivity contribution in [1.29, 1.82) is 0 Å². The molecule has 2 nitrogen and oxygen atoms in total. The molecule has 0 amide bonds. The molecule has 0 fully saturated rings. The average molecular weight is 537 g/mol. The van der Waals surface area contributed by atoms with Crippen LogP contribution in [-0.2, 0) is 5.41 Å². The first-order valence-corrected chi connectivity index (χ1v) is 14.7. The maximum Gasteiger partial charge on any atom is 0.147 e. The van der Waals surface area contributed by atoms with E-state index in [0.29, 0.717) is 0 Å². The number of nitrogens with zero attached hydrogens (tertiary/aromatic N) is 2. The van der Waals surface area contributed by atoms with Gasteiger partial charge in [0.05, 0.1) is 16.6 Å². The summed E-state index contributed by atoms with van der Waals surface area (Å²) in [4.78, 5) is 5.16. The fourth-order valence-electron chi connectivity index (χ4n) is 7.01. The molecule has 2 heterocycles. The maximum atomic E-state index is 5.16. The van der Waals surface area contributed by atoms with Crippen molar-refractivity contribution >= 4 is 65.5 Å². The van der Waals surface area contributed by atoms with E-state index in [4.69, 9.17) is 4.98 Å². The summed E-state index contributed by atoms with van der Waals surface area (Å²) in [5, 5.41) is 8.77. The van der Waals surface area contributed by atoms with Crippen molar-refractivity contribution in [3.05, 3.63) is 151 Å². The zero-order valence-corrected chi connectivity index (χ0v) is 23.4. The van der Waals surface area contributed by atoms with Crippen LogP contribution >= 0.6 is 0 Å². The Kier molecular flexibility index (Phi) is 4.83. The van der Waals surface area contributed by atoms with E-state index in [1.165, 1.54) is 59.9 Å². The zero-order chi connectivity index (χ0) is 27.8. The molecule has 8 aromatic rings. The van der Waals surface area contributed by atoms with Gasteiger partial charge in [0, 0.05) is 16.2 Å². The number of benzene rings is 6. The van der Waals surface area contributed by atoms with Gasteiger partial charge in [0.1, 0.15) is 5.65 Å². The lowest BCUT2D eigenvalue weighted by Crippen LogP contribution is -2.20. The van der Waals surface area contributed by atoms with Gasteiger partial charge in [-0.15, -0.1) is 0 Å². The summed E-state index contributed by atoms with van der Waals surface area (Å²) in [5.74, 6) is 0. The number of para-hydroxylation sites is 2. The molecule has 6 aromatic carbocycles. The Morgan fingerprint density at radius 1 is 0.643 bits per heavy atom. The minimum Gasteiger partial charge on any atom is -0.292 e. The quantitative estimate of drug-likeness (QED) is 0.201. The van der Waals surface area contributed by atoms with E-state index in [0.717, 1.165) is 23.1 Å². The van der Waals surface area contributed by atoms with Gasteiger partial charge >= 0.3 is 0 Å². The Morgan fingerprint density at radius 3 is 2.31 bits per heavy atom. The van der Waals surface area contributed by atoms with E-state index in [1.54, 1.807) is 0 Å². The van der Waals surface area contributed by atoms with E-state index in [1.807, 2.05) is 0 Å². The normalized spacial score (nSPS) is 17.2. The molecule has 1 aliphatic carbocycles. The SMILES string of the molecule is CC1(c2ccc3ccccc3c2)C=CC(c2ccc3c(c2)c2ccc4ccccc4c2c2nc4ccccc4n32)=CC1. The maximum absolute atomic E-state index is 5.16.